The first-order valence-electron chi connectivity index (χ1n) is 7.96. The van der Waals surface area contributed by atoms with Crippen molar-refractivity contribution in [3.63, 3.8) is 0 Å². The lowest BCUT2D eigenvalue weighted by atomic mass is 9.68. The Morgan fingerprint density at radius 2 is 2.00 bits per heavy atom. The van der Waals surface area contributed by atoms with E-state index in [1.54, 1.807) is 0 Å². The molecule has 0 unspecified atom stereocenters. The Morgan fingerprint density at radius 1 is 1.25 bits per heavy atom. The molecule has 0 bridgehead atoms. The number of carbonyl (C=O) groups is 1. The van der Waals surface area contributed by atoms with Crippen molar-refractivity contribution in [2.75, 3.05) is 33.2 Å². The molecule has 112 valence electrons. The van der Waals surface area contributed by atoms with Gasteiger partial charge in [0.15, 0.2) is 5.96 Å². The summed E-state index contributed by atoms with van der Waals surface area (Å²) in [5, 5.41) is 6.35. The van der Waals surface area contributed by atoms with Crippen LogP contribution in [-0.4, -0.2) is 50.0 Å². The number of guanidine groups is 1. The van der Waals surface area contributed by atoms with Crippen LogP contribution in [0.1, 0.15) is 38.5 Å². The normalized spacial score (nSPS) is 24.6. The Bertz CT molecular complexity index is 399. The van der Waals surface area contributed by atoms with E-state index in [-0.39, 0.29) is 5.91 Å². The minimum absolute atomic E-state index is 0.219. The molecular weight excluding hydrogens is 252 g/mol. The predicted octanol–water partition coefficient (Wildman–Crippen LogP) is 0.964. The van der Waals surface area contributed by atoms with E-state index in [1.165, 1.54) is 25.7 Å². The predicted molar refractivity (Wildman–Crippen MR) is 79.6 cm³/mol. The highest BCUT2D eigenvalue weighted by atomic mass is 16.2. The second-order valence-electron chi connectivity index (χ2n) is 6.56. The van der Waals surface area contributed by atoms with Crippen molar-refractivity contribution < 1.29 is 4.79 Å². The van der Waals surface area contributed by atoms with Crippen molar-refractivity contribution in [2.24, 2.45) is 16.3 Å². The first-order chi connectivity index (χ1) is 9.72. The smallest absolute Gasteiger partial charge is 0.223 e. The van der Waals surface area contributed by atoms with E-state index in [2.05, 4.69) is 20.5 Å². The number of aliphatic imine (C=N–C) groups is 1. The summed E-state index contributed by atoms with van der Waals surface area (Å²) >= 11 is 0. The van der Waals surface area contributed by atoms with Gasteiger partial charge in [0, 0.05) is 39.1 Å². The monoisotopic (exact) mass is 278 g/mol. The fraction of sp³-hybridized carbons (Fsp3) is 0.867. The Morgan fingerprint density at radius 3 is 2.55 bits per heavy atom. The maximum absolute atomic E-state index is 11.5. The van der Waals surface area contributed by atoms with Crippen LogP contribution in [0.25, 0.3) is 0 Å². The minimum atomic E-state index is 0.219. The van der Waals surface area contributed by atoms with Crippen LogP contribution in [0.5, 0.6) is 0 Å². The largest absolute Gasteiger partial charge is 0.354 e. The maximum atomic E-state index is 11.5. The molecule has 1 heterocycles. The van der Waals surface area contributed by atoms with Crippen molar-refractivity contribution in [1.29, 1.82) is 0 Å². The van der Waals surface area contributed by atoms with Crippen molar-refractivity contribution in [1.82, 2.24) is 15.5 Å². The Labute approximate surface area is 121 Å². The maximum Gasteiger partial charge on any atom is 0.223 e. The fourth-order valence-electron chi connectivity index (χ4n) is 3.38. The molecule has 3 rings (SSSR count). The first kappa shape index (κ1) is 13.7. The quantitative estimate of drug-likeness (QED) is 0.457. The number of likely N-dealkylation sites (tertiary alicyclic amines) is 1. The fourth-order valence-corrected chi connectivity index (χ4v) is 3.38. The molecule has 5 nitrogen and oxygen atoms in total. The molecule has 1 aliphatic heterocycles. The second kappa shape index (κ2) is 5.62. The van der Waals surface area contributed by atoms with Gasteiger partial charge in [-0.3, -0.25) is 9.79 Å². The minimum Gasteiger partial charge on any atom is -0.354 e. The van der Waals surface area contributed by atoms with Crippen LogP contribution in [0.2, 0.25) is 0 Å². The number of amides is 1. The zero-order chi connectivity index (χ0) is 14.0. The third-order valence-corrected chi connectivity index (χ3v) is 5.02. The van der Waals surface area contributed by atoms with E-state index in [4.69, 9.17) is 0 Å². The average molecular weight is 278 g/mol. The van der Waals surface area contributed by atoms with Crippen LogP contribution in [0.4, 0.5) is 0 Å². The number of rotatable bonds is 4. The van der Waals surface area contributed by atoms with E-state index >= 15 is 0 Å². The summed E-state index contributed by atoms with van der Waals surface area (Å²) in [6, 6.07) is 0. The molecule has 1 saturated heterocycles. The van der Waals surface area contributed by atoms with Crippen LogP contribution in [0, 0.1) is 11.3 Å². The number of carbonyl (C=O) groups excluding carboxylic acids is 1. The zero-order valence-electron chi connectivity index (χ0n) is 12.5. The van der Waals surface area contributed by atoms with Gasteiger partial charge in [-0.1, -0.05) is 6.42 Å². The topological polar surface area (TPSA) is 56.7 Å². The van der Waals surface area contributed by atoms with Crippen molar-refractivity contribution in [3.8, 4) is 0 Å². The molecule has 5 heteroatoms. The van der Waals surface area contributed by atoms with Gasteiger partial charge in [-0.25, -0.2) is 0 Å². The molecule has 2 saturated carbocycles. The van der Waals surface area contributed by atoms with Crippen molar-refractivity contribution in [3.05, 3.63) is 0 Å². The molecule has 0 aromatic carbocycles. The van der Waals surface area contributed by atoms with Crippen molar-refractivity contribution >= 4 is 11.9 Å². The molecule has 2 N–H and O–H groups in total. The molecule has 1 amide bonds. The Hall–Kier alpha value is -1.26. The summed E-state index contributed by atoms with van der Waals surface area (Å²) in [5.74, 6) is 1.51. The van der Waals surface area contributed by atoms with Crippen LogP contribution in [0.15, 0.2) is 4.99 Å². The number of nitrogens with zero attached hydrogens (tertiary/aromatic N) is 2. The standard InChI is InChI=1S/C15H26N4O/c1-16-14(18-9-8-17-13(20)12-3-4-12)19-10-7-15(11-19)5-2-6-15/h12H,2-11H2,1H3,(H,16,18)(H,17,20). The van der Waals surface area contributed by atoms with E-state index in [9.17, 15) is 4.79 Å². The molecular formula is C15H26N4O. The number of hydrogen-bond donors (Lipinski definition) is 2. The van der Waals surface area contributed by atoms with Crippen LogP contribution in [0.3, 0.4) is 0 Å². The molecule has 0 aromatic heterocycles. The summed E-state index contributed by atoms with van der Waals surface area (Å²) in [7, 11) is 1.84. The molecule has 2 aliphatic carbocycles. The number of hydrogen-bond acceptors (Lipinski definition) is 2. The van der Waals surface area contributed by atoms with Crippen LogP contribution < -0.4 is 10.6 Å². The lowest BCUT2D eigenvalue weighted by Crippen LogP contribution is -2.45. The van der Waals surface area contributed by atoms with E-state index in [0.717, 1.165) is 38.4 Å². The molecule has 20 heavy (non-hydrogen) atoms. The van der Waals surface area contributed by atoms with Crippen molar-refractivity contribution in [2.45, 2.75) is 38.5 Å². The van der Waals surface area contributed by atoms with E-state index in [1.807, 2.05) is 7.05 Å². The van der Waals surface area contributed by atoms with Gasteiger partial charge in [0.2, 0.25) is 5.91 Å². The summed E-state index contributed by atoms with van der Waals surface area (Å²) in [4.78, 5) is 18.3. The lowest BCUT2D eigenvalue weighted by molar-refractivity contribution is -0.122. The number of nitrogens with one attached hydrogen (secondary N) is 2. The Balaban J connectivity index is 1.38. The summed E-state index contributed by atoms with van der Waals surface area (Å²) in [6.45, 7) is 3.72. The van der Waals surface area contributed by atoms with Gasteiger partial charge in [-0.2, -0.15) is 0 Å². The Kier molecular flexibility index (Phi) is 3.85. The molecule has 0 atom stereocenters. The van der Waals surface area contributed by atoms with Gasteiger partial charge in [0.1, 0.15) is 0 Å². The highest BCUT2D eigenvalue weighted by Crippen LogP contribution is 2.47. The van der Waals surface area contributed by atoms with E-state index in [0.29, 0.717) is 17.9 Å². The molecule has 1 spiro atoms. The SMILES string of the molecule is CN=C(NCCNC(=O)C1CC1)N1CCC2(CCC2)C1. The van der Waals surface area contributed by atoms with Gasteiger partial charge >= 0.3 is 0 Å². The van der Waals surface area contributed by atoms with E-state index < -0.39 is 0 Å². The second-order valence-corrected chi connectivity index (χ2v) is 6.56. The molecule has 3 fully saturated rings. The summed E-state index contributed by atoms with van der Waals surface area (Å²) in [5.41, 5.74) is 0.595. The van der Waals surface area contributed by atoms with Gasteiger partial charge in [-0.05, 0) is 37.5 Å². The van der Waals surface area contributed by atoms with Gasteiger partial charge in [-0.15, -0.1) is 0 Å². The van der Waals surface area contributed by atoms with Crippen LogP contribution in [-0.2, 0) is 4.79 Å². The van der Waals surface area contributed by atoms with Gasteiger partial charge < -0.3 is 15.5 Å². The first-order valence-corrected chi connectivity index (χ1v) is 7.96. The molecule has 3 aliphatic rings. The summed E-state index contributed by atoms with van der Waals surface area (Å²) in [6.07, 6.45) is 7.61. The molecule has 0 aromatic rings. The van der Waals surface area contributed by atoms with Crippen LogP contribution >= 0.6 is 0 Å². The molecule has 0 radical (unpaired) electrons. The van der Waals surface area contributed by atoms with Gasteiger partial charge in [0.05, 0.1) is 0 Å². The third-order valence-electron chi connectivity index (χ3n) is 5.02. The average Bonchev–Trinajstić information content (AvgIpc) is 3.16. The highest BCUT2D eigenvalue weighted by Gasteiger charge is 2.43. The lowest BCUT2D eigenvalue weighted by Gasteiger charge is -2.38. The zero-order valence-corrected chi connectivity index (χ0v) is 12.5. The summed E-state index contributed by atoms with van der Waals surface area (Å²) < 4.78 is 0. The third kappa shape index (κ3) is 2.91. The van der Waals surface area contributed by atoms with Gasteiger partial charge in [0.25, 0.3) is 0 Å². The highest BCUT2D eigenvalue weighted by molar-refractivity contribution is 5.81.